The summed E-state index contributed by atoms with van der Waals surface area (Å²) in [5.41, 5.74) is 1.91. The number of anilines is 1. The summed E-state index contributed by atoms with van der Waals surface area (Å²) in [5, 5.41) is 7.41. The maximum atomic E-state index is 5.99. The summed E-state index contributed by atoms with van der Waals surface area (Å²) in [7, 11) is 1.61. The minimum Gasteiger partial charge on any atom is -0.495 e. The molecule has 0 aliphatic carbocycles. The van der Waals surface area contributed by atoms with Gasteiger partial charge < -0.3 is 15.4 Å². The number of hydrogen-bond donors (Lipinski definition) is 2. The van der Waals surface area contributed by atoms with Crippen molar-refractivity contribution in [2.45, 2.75) is 6.54 Å². The molecule has 6 heteroatoms. The van der Waals surface area contributed by atoms with E-state index in [-0.39, 0.29) is 0 Å². The first kappa shape index (κ1) is 16.3. The van der Waals surface area contributed by atoms with E-state index in [0.717, 1.165) is 5.69 Å². The van der Waals surface area contributed by atoms with E-state index in [9.17, 15) is 0 Å². The normalized spacial score (nSPS) is 10.0. The van der Waals surface area contributed by atoms with E-state index in [1.54, 1.807) is 25.3 Å². The van der Waals surface area contributed by atoms with E-state index in [4.69, 9.17) is 28.6 Å². The average Bonchev–Trinajstić information content (AvgIpc) is 2.45. The van der Waals surface area contributed by atoms with Crippen LogP contribution in [0.15, 0.2) is 42.5 Å². The molecule has 0 spiro atoms. The fourth-order valence-electron chi connectivity index (χ4n) is 1.77. The van der Waals surface area contributed by atoms with Crippen LogP contribution in [0.3, 0.4) is 0 Å². The van der Waals surface area contributed by atoms with Gasteiger partial charge in [-0.05, 0) is 70.7 Å². The van der Waals surface area contributed by atoms with E-state index < -0.39 is 0 Å². The number of halogens is 2. The molecule has 0 amide bonds. The third kappa shape index (κ3) is 5.01. The first-order valence-electron chi connectivity index (χ1n) is 6.21. The maximum Gasteiger partial charge on any atom is 0.171 e. The molecule has 2 rings (SSSR count). The smallest absolute Gasteiger partial charge is 0.171 e. The third-order valence-corrected chi connectivity index (χ3v) is 3.90. The van der Waals surface area contributed by atoms with Gasteiger partial charge in [-0.25, -0.2) is 0 Å². The van der Waals surface area contributed by atoms with Gasteiger partial charge in [0.05, 0.1) is 12.8 Å². The minimum atomic E-state index is 0.523. The highest BCUT2D eigenvalue weighted by Gasteiger charge is 2.05. The minimum absolute atomic E-state index is 0.523. The van der Waals surface area contributed by atoms with Crippen molar-refractivity contribution in [3.8, 4) is 5.75 Å². The summed E-state index contributed by atoms with van der Waals surface area (Å²) in [6.45, 7) is 0.658. The number of ether oxygens (including phenoxy) is 1. The highest BCUT2D eigenvalue weighted by molar-refractivity contribution is 14.1. The predicted molar refractivity (Wildman–Crippen MR) is 100 cm³/mol. The maximum absolute atomic E-state index is 5.99. The van der Waals surface area contributed by atoms with Gasteiger partial charge in [0.15, 0.2) is 5.11 Å². The van der Waals surface area contributed by atoms with Crippen LogP contribution < -0.4 is 15.4 Å². The Morgan fingerprint density at radius 3 is 2.81 bits per heavy atom. The van der Waals surface area contributed by atoms with Crippen LogP contribution in [0.4, 0.5) is 5.69 Å². The molecular formula is C15H14ClIN2OS. The number of methoxy groups -OCH3 is 1. The fraction of sp³-hybridized carbons (Fsp3) is 0.133. The summed E-state index contributed by atoms with van der Waals surface area (Å²) < 4.78 is 6.47. The largest absolute Gasteiger partial charge is 0.495 e. The molecule has 0 unspecified atom stereocenters. The SMILES string of the molecule is COc1ccc(Cl)cc1NC(=S)NCc1cccc(I)c1. The lowest BCUT2D eigenvalue weighted by Crippen LogP contribution is -2.28. The Morgan fingerprint density at radius 2 is 2.10 bits per heavy atom. The van der Waals surface area contributed by atoms with Crippen LogP contribution in [0.1, 0.15) is 5.56 Å². The standard InChI is InChI=1S/C15H14ClIN2OS/c1-20-14-6-5-11(16)8-13(14)19-15(21)18-9-10-3-2-4-12(17)7-10/h2-8H,9H2,1H3,(H2,18,19,21). The van der Waals surface area contributed by atoms with Crippen LogP contribution in [0.2, 0.25) is 5.02 Å². The van der Waals surface area contributed by atoms with Crippen molar-refractivity contribution in [3.63, 3.8) is 0 Å². The van der Waals surface area contributed by atoms with Gasteiger partial charge >= 0.3 is 0 Å². The Labute approximate surface area is 148 Å². The van der Waals surface area contributed by atoms with Crippen LogP contribution >= 0.6 is 46.4 Å². The van der Waals surface area contributed by atoms with Crippen molar-refractivity contribution >= 4 is 57.2 Å². The zero-order valence-electron chi connectivity index (χ0n) is 11.3. The quantitative estimate of drug-likeness (QED) is 0.553. The molecule has 0 aliphatic heterocycles. The molecule has 2 aromatic carbocycles. The van der Waals surface area contributed by atoms with Crippen LogP contribution in [0.25, 0.3) is 0 Å². The van der Waals surface area contributed by atoms with Crippen molar-refractivity contribution in [2.75, 3.05) is 12.4 Å². The number of benzene rings is 2. The van der Waals surface area contributed by atoms with Crippen molar-refractivity contribution in [1.82, 2.24) is 5.32 Å². The molecule has 0 atom stereocenters. The average molecular weight is 433 g/mol. The summed E-state index contributed by atoms with van der Waals surface area (Å²) in [6.07, 6.45) is 0. The predicted octanol–water partition coefficient (Wildman–Crippen LogP) is 4.44. The van der Waals surface area contributed by atoms with E-state index in [2.05, 4.69) is 51.4 Å². The number of nitrogens with one attached hydrogen (secondary N) is 2. The van der Waals surface area contributed by atoms with Gasteiger partial charge in [0.1, 0.15) is 5.75 Å². The Bertz CT molecular complexity index is 651. The summed E-state index contributed by atoms with van der Waals surface area (Å²) in [6, 6.07) is 13.6. The van der Waals surface area contributed by atoms with Crippen LogP contribution in [0, 0.1) is 3.57 Å². The Hall–Kier alpha value is -1.05. The zero-order chi connectivity index (χ0) is 15.2. The van der Waals surface area contributed by atoms with Crippen molar-refractivity contribution in [1.29, 1.82) is 0 Å². The Kier molecular flexibility index (Phi) is 6.08. The van der Waals surface area contributed by atoms with Gasteiger partial charge in [-0.3, -0.25) is 0 Å². The molecule has 3 nitrogen and oxygen atoms in total. The summed E-state index contributed by atoms with van der Waals surface area (Å²) >= 11 is 13.6. The molecule has 0 heterocycles. The number of rotatable bonds is 4. The van der Waals surface area contributed by atoms with Gasteiger partial charge in [0, 0.05) is 15.1 Å². The molecule has 2 N–H and O–H groups in total. The molecular weight excluding hydrogens is 419 g/mol. The molecule has 110 valence electrons. The molecule has 0 aromatic heterocycles. The second kappa shape index (κ2) is 7.82. The molecule has 0 saturated carbocycles. The first-order valence-corrected chi connectivity index (χ1v) is 8.08. The van der Waals surface area contributed by atoms with Gasteiger partial charge in [-0.15, -0.1) is 0 Å². The summed E-state index contributed by atoms with van der Waals surface area (Å²) in [5.74, 6) is 0.692. The van der Waals surface area contributed by atoms with Crippen LogP contribution in [-0.2, 0) is 6.54 Å². The second-order valence-corrected chi connectivity index (χ2v) is 6.37. The molecule has 0 radical (unpaired) electrons. The number of hydrogen-bond acceptors (Lipinski definition) is 2. The molecule has 0 aliphatic rings. The zero-order valence-corrected chi connectivity index (χ0v) is 15.1. The fourth-order valence-corrected chi connectivity index (χ4v) is 2.74. The lowest BCUT2D eigenvalue weighted by atomic mass is 10.2. The van der Waals surface area contributed by atoms with E-state index in [1.165, 1.54) is 9.13 Å². The highest BCUT2D eigenvalue weighted by Crippen LogP contribution is 2.27. The van der Waals surface area contributed by atoms with Gasteiger partial charge in [-0.1, -0.05) is 23.7 Å². The van der Waals surface area contributed by atoms with E-state index in [1.807, 2.05) is 6.07 Å². The van der Waals surface area contributed by atoms with E-state index >= 15 is 0 Å². The topological polar surface area (TPSA) is 33.3 Å². The lowest BCUT2D eigenvalue weighted by Gasteiger charge is -2.14. The molecule has 21 heavy (non-hydrogen) atoms. The third-order valence-electron chi connectivity index (χ3n) is 2.75. The van der Waals surface area contributed by atoms with Gasteiger partial charge in [0.25, 0.3) is 0 Å². The van der Waals surface area contributed by atoms with Gasteiger partial charge in [0.2, 0.25) is 0 Å². The Morgan fingerprint density at radius 1 is 1.29 bits per heavy atom. The lowest BCUT2D eigenvalue weighted by molar-refractivity contribution is 0.417. The molecule has 0 fully saturated rings. The highest BCUT2D eigenvalue weighted by atomic mass is 127. The monoisotopic (exact) mass is 432 g/mol. The second-order valence-electron chi connectivity index (χ2n) is 4.28. The van der Waals surface area contributed by atoms with Crippen molar-refractivity contribution in [3.05, 3.63) is 56.6 Å². The van der Waals surface area contributed by atoms with Crippen LogP contribution in [0.5, 0.6) is 5.75 Å². The summed E-state index contributed by atoms with van der Waals surface area (Å²) in [4.78, 5) is 0. The Balaban J connectivity index is 1.97. The molecule has 2 aromatic rings. The number of thiocarbonyl (C=S) groups is 1. The van der Waals surface area contributed by atoms with Crippen molar-refractivity contribution < 1.29 is 4.74 Å². The van der Waals surface area contributed by atoms with Gasteiger partial charge in [-0.2, -0.15) is 0 Å². The molecule has 0 saturated heterocycles. The van der Waals surface area contributed by atoms with E-state index in [0.29, 0.717) is 22.4 Å². The molecule has 0 bridgehead atoms. The van der Waals surface area contributed by atoms with Crippen molar-refractivity contribution in [2.24, 2.45) is 0 Å². The van der Waals surface area contributed by atoms with Crippen LogP contribution in [-0.4, -0.2) is 12.2 Å². The first-order chi connectivity index (χ1) is 10.1.